The van der Waals surface area contributed by atoms with E-state index in [1.807, 2.05) is 6.07 Å². The zero-order valence-corrected chi connectivity index (χ0v) is 7.00. The van der Waals surface area contributed by atoms with Crippen LogP contribution in [0, 0.1) is 0 Å². The molecule has 1 aliphatic rings. The van der Waals surface area contributed by atoms with Crippen LogP contribution in [0.2, 0.25) is 0 Å². The van der Waals surface area contributed by atoms with E-state index in [0.29, 0.717) is 18.0 Å². The van der Waals surface area contributed by atoms with Gasteiger partial charge in [-0.3, -0.25) is 0 Å². The molecule has 0 saturated carbocycles. The Morgan fingerprint density at radius 3 is 2.85 bits per heavy atom. The summed E-state index contributed by atoms with van der Waals surface area (Å²) in [5.74, 6) is 0.909. The minimum absolute atomic E-state index is 0.452. The third-order valence-electron chi connectivity index (χ3n) is 1.88. The van der Waals surface area contributed by atoms with E-state index in [0.717, 1.165) is 12.0 Å². The maximum atomic E-state index is 12.6. The summed E-state index contributed by atoms with van der Waals surface area (Å²) in [4.78, 5) is 0. The molecule has 1 aromatic carbocycles. The van der Waals surface area contributed by atoms with Gasteiger partial charge < -0.3 is 15.2 Å². The standard InChI is InChI=1S/C9H10FNO2/c10-9-12-7-2-1-6(3-4-11)5-8(7)13-9/h1-2,5,9H,3-4,11H2. The predicted molar refractivity (Wildman–Crippen MR) is 45.4 cm³/mol. The number of fused-ring (bicyclic) bond motifs is 1. The van der Waals surface area contributed by atoms with Crippen LogP contribution in [-0.2, 0) is 6.42 Å². The van der Waals surface area contributed by atoms with E-state index >= 15 is 0 Å². The largest absolute Gasteiger partial charge is 0.425 e. The van der Waals surface area contributed by atoms with E-state index in [1.54, 1.807) is 12.1 Å². The van der Waals surface area contributed by atoms with E-state index in [4.69, 9.17) is 15.2 Å². The monoisotopic (exact) mass is 183 g/mol. The minimum Gasteiger partial charge on any atom is -0.425 e. The number of nitrogens with two attached hydrogens (primary N) is 1. The van der Waals surface area contributed by atoms with Crippen LogP contribution in [0.15, 0.2) is 18.2 Å². The molecule has 0 aromatic heterocycles. The summed E-state index contributed by atoms with van der Waals surface area (Å²) in [7, 11) is 0. The molecule has 70 valence electrons. The van der Waals surface area contributed by atoms with Gasteiger partial charge in [-0.2, -0.15) is 4.39 Å². The van der Waals surface area contributed by atoms with Crippen molar-refractivity contribution in [1.29, 1.82) is 0 Å². The second kappa shape index (κ2) is 3.22. The fourth-order valence-electron chi connectivity index (χ4n) is 1.29. The van der Waals surface area contributed by atoms with Gasteiger partial charge in [-0.15, -0.1) is 0 Å². The second-order valence-electron chi connectivity index (χ2n) is 2.83. The summed E-state index contributed by atoms with van der Waals surface area (Å²) in [5, 5.41) is 0. The second-order valence-corrected chi connectivity index (χ2v) is 2.83. The molecule has 1 heterocycles. The molecule has 1 atom stereocenters. The lowest BCUT2D eigenvalue weighted by molar-refractivity contribution is -0.0652. The van der Waals surface area contributed by atoms with Crippen LogP contribution in [-0.4, -0.2) is 13.1 Å². The van der Waals surface area contributed by atoms with Gasteiger partial charge >= 0.3 is 6.54 Å². The van der Waals surface area contributed by atoms with Crippen LogP contribution in [0.1, 0.15) is 5.56 Å². The first kappa shape index (κ1) is 8.31. The average Bonchev–Trinajstić information content (AvgIpc) is 2.44. The van der Waals surface area contributed by atoms with Crippen molar-refractivity contribution >= 4 is 0 Å². The van der Waals surface area contributed by atoms with Gasteiger partial charge in [0, 0.05) is 0 Å². The quantitative estimate of drug-likeness (QED) is 0.749. The Kier molecular flexibility index (Phi) is 2.06. The predicted octanol–water partition coefficient (Wildman–Crippen LogP) is 1.21. The van der Waals surface area contributed by atoms with Crippen molar-refractivity contribution in [3.8, 4) is 11.5 Å². The summed E-state index contributed by atoms with van der Waals surface area (Å²) in [6.07, 6.45) is 0.758. The van der Waals surface area contributed by atoms with Gasteiger partial charge in [-0.25, -0.2) is 0 Å². The summed E-state index contributed by atoms with van der Waals surface area (Å²) in [5.41, 5.74) is 6.41. The van der Waals surface area contributed by atoms with Crippen LogP contribution in [0.4, 0.5) is 4.39 Å². The van der Waals surface area contributed by atoms with E-state index in [1.165, 1.54) is 0 Å². The Morgan fingerprint density at radius 2 is 2.08 bits per heavy atom. The smallest absolute Gasteiger partial charge is 0.397 e. The molecule has 0 radical (unpaired) electrons. The Balaban J connectivity index is 2.24. The number of ether oxygens (including phenoxy) is 2. The molecule has 0 fully saturated rings. The van der Waals surface area contributed by atoms with Gasteiger partial charge in [-0.1, -0.05) is 6.07 Å². The fraction of sp³-hybridized carbons (Fsp3) is 0.333. The number of alkyl halides is 1. The molecular formula is C9H10FNO2. The topological polar surface area (TPSA) is 44.5 Å². The van der Waals surface area contributed by atoms with Crippen LogP contribution >= 0.6 is 0 Å². The molecule has 0 bridgehead atoms. The van der Waals surface area contributed by atoms with E-state index < -0.39 is 6.54 Å². The van der Waals surface area contributed by atoms with Crippen LogP contribution < -0.4 is 15.2 Å². The van der Waals surface area contributed by atoms with Crippen molar-refractivity contribution in [2.75, 3.05) is 6.54 Å². The van der Waals surface area contributed by atoms with Crippen molar-refractivity contribution in [1.82, 2.24) is 0 Å². The third kappa shape index (κ3) is 1.58. The molecular weight excluding hydrogens is 173 g/mol. The third-order valence-corrected chi connectivity index (χ3v) is 1.88. The van der Waals surface area contributed by atoms with E-state index in [9.17, 15) is 4.39 Å². The van der Waals surface area contributed by atoms with Gasteiger partial charge in [0.05, 0.1) is 0 Å². The number of hydrogen-bond acceptors (Lipinski definition) is 3. The number of halogens is 1. The summed E-state index contributed by atoms with van der Waals surface area (Å²) in [6, 6.07) is 5.30. The number of benzene rings is 1. The molecule has 2 N–H and O–H groups in total. The van der Waals surface area contributed by atoms with Crippen LogP contribution in [0.3, 0.4) is 0 Å². The van der Waals surface area contributed by atoms with Crippen molar-refractivity contribution in [3.05, 3.63) is 23.8 Å². The Morgan fingerprint density at radius 1 is 1.31 bits per heavy atom. The lowest BCUT2D eigenvalue weighted by Gasteiger charge is -1.99. The molecule has 3 nitrogen and oxygen atoms in total. The molecule has 1 aromatic rings. The van der Waals surface area contributed by atoms with Gasteiger partial charge in [0.2, 0.25) is 0 Å². The van der Waals surface area contributed by atoms with Gasteiger partial charge in [0.25, 0.3) is 0 Å². The van der Waals surface area contributed by atoms with Gasteiger partial charge in [0.15, 0.2) is 11.5 Å². The van der Waals surface area contributed by atoms with Crippen molar-refractivity contribution in [2.24, 2.45) is 5.73 Å². The molecule has 13 heavy (non-hydrogen) atoms. The maximum Gasteiger partial charge on any atom is 0.397 e. The highest BCUT2D eigenvalue weighted by atomic mass is 19.2. The molecule has 1 aliphatic heterocycles. The zero-order chi connectivity index (χ0) is 9.26. The fourth-order valence-corrected chi connectivity index (χ4v) is 1.29. The van der Waals surface area contributed by atoms with Crippen LogP contribution in [0.5, 0.6) is 11.5 Å². The Hall–Kier alpha value is -1.29. The SMILES string of the molecule is NCCc1ccc2c(c1)OC(F)O2. The Bertz CT molecular complexity index is 316. The average molecular weight is 183 g/mol. The van der Waals surface area contributed by atoms with Crippen molar-refractivity contribution in [2.45, 2.75) is 13.0 Å². The van der Waals surface area contributed by atoms with Crippen molar-refractivity contribution < 1.29 is 13.9 Å². The lowest BCUT2D eigenvalue weighted by atomic mass is 10.1. The van der Waals surface area contributed by atoms with E-state index in [2.05, 4.69) is 0 Å². The van der Waals surface area contributed by atoms with Gasteiger partial charge in [-0.05, 0) is 30.7 Å². The summed E-state index contributed by atoms with van der Waals surface area (Å²) >= 11 is 0. The molecule has 1 unspecified atom stereocenters. The summed E-state index contributed by atoms with van der Waals surface area (Å²) < 4.78 is 22.0. The summed E-state index contributed by atoms with van der Waals surface area (Å²) in [6.45, 7) is -1.10. The van der Waals surface area contributed by atoms with E-state index in [-0.39, 0.29) is 0 Å². The molecule has 0 amide bonds. The van der Waals surface area contributed by atoms with Crippen molar-refractivity contribution in [3.63, 3.8) is 0 Å². The van der Waals surface area contributed by atoms with Crippen LogP contribution in [0.25, 0.3) is 0 Å². The molecule has 0 spiro atoms. The highest BCUT2D eigenvalue weighted by Crippen LogP contribution is 2.35. The lowest BCUT2D eigenvalue weighted by Crippen LogP contribution is -2.09. The minimum atomic E-state index is -1.66. The first-order valence-electron chi connectivity index (χ1n) is 4.10. The number of hydrogen-bond donors (Lipinski definition) is 1. The molecule has 0 saturated heterocycles. The maximum absolute atomic E-state index is 12.6. The first-order valence-corrected chi connectivity index (χ1v) is 4.10. The highest BCUT2D eigenvalue weighted by molar-refractivity contribution is 5.44. The highest BCUT2D eigenvalue weighted by Gasteiger charge is 2.22. The van der Waals surface area contributed by atoms with Gasteiger partial charge in [0.1, 0.15) is 0 Å². The normalized spacial score (nSPS) is 19.1. The zero-order valence-electron chi connectivity index (χ0n) is 7.00. The number of rotatable bonds is 2. The molecule has 0 aliphatic carbocycles. The Labute approximate surface area is 75.3 Å². The molecule has 2 rings (SSSR count). The molecule has 4 heteroatoms. The first-order chi connectivity index (χ1) is 6.29.